The third kappa shape index (κ3) is 6.46. The minimum Gasteiger partial charge on any atom is -0.493 e. The second kappa shape index (κ2) is 11.2. The lowest BCUT2D eigenvalue weighted by Gasteiger charge is -2.10. The van der Waals surface area contributed by atoms with Crippen LogP contribution in [0.15, 0.2) is 60.7 Å². The number of fused-ring (bicyclic) bond motifs is 2. The molecule has 0 aliphatic heterocycles. The molecule has 0 saturated carbocycles. The molecule has 0 bridgehead atoms. The fourth-order valence-electron chi connectivity index (χ4n) is 3.35. The van der Waals surface area contributed by atoms with E-state index in [1.807, 2.05) is 48.5 Å². The van der Waals surface area contributed by atoms with Gasteiger partial charge in [0.1, 0.15) is 29.7 Å². The lowest BCUT2D eigenvalue weighted by atomic mass is 10.2. The van der Waals surface area contributed by atoms with Crippen molar-refractivity contribution >= 4 is 39.3 Å². The molecule has 4 aromatic rings. The van der Waals surface area contributed by atoms with E-state index in [0.29, 0.717) is 43.8 Å². The van der Waals surface area contributed by atoms with Crippen molar-refractivity contribution in [1.29, 1.82) is 0 Å². The summed E-state index contributed by atoms with van der Waals surface area (Å²) in [4.78, 5) is 20.5. The molecule has 9 nitrogen and oxygen atoms in total. The average molecular weight is 462 g/mol. The SMILES string of the molecule is Nc1ccc2cc(OCCOCCNC(=O)CCOc3ccc4nc(N)ccc4c3)ccc2n1. The molecule has 0 atom stereocenters. The van der Waals surface area contributed by atoms with Crippen molar-refractivity contribution in [3.8, 4) is 11.5 Å². The number of nitrogens with one attached hydrogen (secondary N) is 1. The summed E-state index contributed by atoms with van der Waals surface area (Å²) in [6.07, 6.45) is 0.254. The highest BCUT2D eigenvalue weighted by Gasteiger charge is 2.04. The first-order chi connectivity index (χ1) is 16.6. The Labute approximate surface area is 197 Å². The number of rotatable bonds is 11. The number of benzene rings is 2. The number of anilines is 2. The van der Waals surface area contributed by atoms with Gasteiger partial charge in [-0.1, -0.05) is 0 Å². The number of carbonyl (C=O) groups is 1. The molecule has 0 aliphatic carbocycles. The van der Waals surface area contributed by atoms with Crippen LogP contribution >= 0.6 is 0 Å². The Hall–Kier alpha value is -4.11. The number of ether oxygens (including phenoxy) is 3. The van der Waals surface area contributed by atoms with E-state index < -0.39 is 0 Å². The zero-order valence-electron chi connectivity index (χ0n) is 18.7. The molecule has 2 heterocycles. The first-order valence-corrected chi connectivity index (χ1v) is 11.0. The maximum absolute atomic E-state index is 12.0. The summed E-state index contributed by atoms with van der Waals surface area (Å²) in [5, 5.41) is 4.70. The maximum atomic E-state index is 12.0. The van der Waals surface area contributed by atoms with Crippen molar-refractivity contribution in [3.63, 3.8) is 0 Å². The van der Waals surface area contributed by atoms with Crippen molar-refractivity contribution in [3.05, 3.63) is 60.7 Å². The van der Waals surface area contributed by atoms with E-state index >= 15 is 0 Å². The van der Waals surface area contributed by atoms with Crippen LogP contribution in [-0.4, -0.2) is 48.8 Å². The molecule has 4 rings (SSSR count). The van der Waals surface area contributed by atoms with Crippen molar-refractivity contribution in [2.45, 2.75) is 6.42 Å². The topological polar surface area (TPSA) is 135 Å². The predicted molar refractivity (Wildman–Crippen MR) is 132 cm³/mol. The molecule has 2 aromatic heterocycles. The molecule has 5 N–H and O–H groups in total. The first-order valence-electron chi connectivity index (χ1n) is 11.0. The van der Waals surface area contributed by atoms with Crippen LogP contribution in [0.2, 0.25) is 0 Å². The van der Waals surface area contributed by atoms with Gasteiger partial charge in [-0.2, -0.15) is 0 Å². The molecule has 1 amide bonds. The quantitative estimate of drug-likeness (QED) is 0.290. The third-order valence-electron chi connectivity index (χ3n) is 5.03. The molecular formula is C25H27N5O4. The number of carbonyl (C=O) groups excluding carboxylic acids is 1. The zero-order valence-corrected chi connectivity index (χ0v) is 18.7. The van der Waals surface area contributed by atoms with Gasteiger partial charge in [-0.05, 0) is 60.7 Å². The van der Waals surface area contributed by atoms with E-state index in [-0.39, 0.29) is 18.9 Å². The van der Waals surface area contributed by atoms with Gasteiger partial charge in [0.2, 0.25) is 5.91 Å². The fraction of sp³-hybridized carbons (Fsp3) is 0.240. The Kier molecular flexibility index (Phi) is 7.56. The molecule has 0 spiro atoms. The highest BCUT2D eigenvalue weighted by atomic mass is 16.5. The highest BCUT2D eigenvalue weighted by Crippen LogP contribution is 2.21. The van der Waals surface area contributed by atoms with Gasteiger partial charge in [-0.3, -0.25) is 4.79 Å². The van der Waals surface area contributed by atoms with Gasteiger partial charge in [0.25, 0.3) is 0 Å². The Bertz CT molecular complexity index is 1280. The van der Waals surface area contributed by atoms with Crippen LogP contribution in [0.1, 0.15) is 6.42 Å². The van der Waals surface area contributed by atoms with Crippen LogP contribution in [0.3, 0.4) is 0 Å². The van der Waals surface area contributed by atoms with Crippen molar-refractivity contribution in [2.75, 3.05) is 44.4 Å². The summed E-state index contributed by atoms with van der Waals surface area (Å²) >= 11 is 0. The van der Waals surface area contributed by atoms with Crippen molar-refractivity contribution in [1.82, 2.24) is 15.3 Å². The van der Waals surface area contributed by atoms with Crippen LogP contribution < -0.4 is 26.3 Å². The minimum absolute atomic E-state index is 0.0968. The summed E-state index contributed by atoms with van der Waals surface area (Å²) in [6, 6.07) is 18.5. The third-order valence-corrected chi connectivity index (χ3v) is 5.03. The minimum atomic E-state index is -0.0968. The van der Waals surface area contributed by atoms with Crippen molar-refractivity contribution in [2.24, 2.45) is 0 Å². The molecule has 0 fully saturated rings. The summed E-state index contributed by atoms with van der Waals surface area (Å²) in [7, 11) is 0. The molecule has 0 unspecified atom stereocenters. The summed E-state index contributed by atoms with van der Waals surface area (Å²) in [6.45, 7) is 1.92. The highest BCUT2D eigenvalue weighted by molar-refractivity contribution is 5.82. The normalized spacial score (nSPS) is 10.9. The molecule has 0 aliphatic rings. The second-order valence-corrected chi connectivity index (χ2v) is 7.59. The largest absolute Gasteiger partial charge is 0.493 e. The van der Waals surface area contributed by atoms with E-state index in [4.69, 9.17) is 25.7 Å². The van der Waals surface area contributed by atoms with Gasteiger partial charge in [0, 0.05) is 17.3 Å². The maximum Gasteiger partial charge on any atom is 0.223 e. The van der Waals surface area contributed by atoms with Crippen LogP contribution in [0.25, 0.3) is 21.8 Å². The molecule has 176 valence electrons. The molecule has 2 aromatic carbocycles. The molecular weight excluding hydrogens is 434 g/mol. The van der Waals surface area contributed by atoms with E-state index in [1.54, 1.807) is 12.1 Å². The van der Waals surface area contributed by atoms with E-state index in [9.17, 15) is 4.79 Å². The van der Waals surface area contributed by atoms with Gasteiger partial charge >= 0.3 is 0 Å². The lowest BCUT2D eigenvalue weighted by Crippen LogP contribution is -2.28. The van der Waals surface area contributed by atoms with Gasteiger partial charge in [-0.25, -0.2) is 9.97 Å². The van der Waals surface area contributed by atoms with Crippen LogP contribution in [0.5, 0.6) is 11.5 Å². The zero-order chi connectivity index (χ0) is 23.8. The second-order valence-electron chi connectivity index (χ2n) is 7.59. The van der Waals surface area contributed by atoms with Crippen LogP contribution in [0.4, 0.5) is 11.6 Å². The number of nitrogens with two attached hydrogens (primary N) is 2. The Morgan fingerprint density at radius 3 is 1.94 bits per heavy atom. The fourth-order valence-corrected chi connectivity index (χ4v) is 3.35. The van der Waals surface area contributed by atoms with E-state index in [0.717, 1.165) is 27.6 Å². The lowest BCUT2D eigenvalue weighted by molar-refractivity contribution is -0.121. The number of hydrogen-bond donors (Lipinski definition) is 3. The molecule has 34 heavy (non-hydrogen) atoms. The number of aromatic nitrogens is 2. The Morgan fingerprint density at radius 2 is 1.32 bits per heavy atom. The summed E-state index contributed by atoms with van der Waals surface area (Å²) < 4.78 is 16.9. The Balaban J connectivity index is 1.07. The van der Waals surface area contributed by atoms with Gasteiger partial charge in [0.15, 0.2) is 0 Å². The summed E-state index contributed by atoms with van der Waals surface area (Å²) in [5.41, 5.74) is 13.0. The van der Waals surface area contributed by atoms with Gasteiger partial charge < -0.3 is 31.0 Å². The predicted octanol–water partition coefficient (Wildman–Crippen LogP) is 2.93. The van der Waals surface area contributed by atoms with Gasteiger partial charge in [0.05, 0.1) is 37.3 Å². The summed E-state index contributed by atoms with van der Waals surface area (Å²) in [5.74, 6) is 2.29. The number of nitrogens with zero attached hydrogens (tertiary/aromatic N) is 2. The molecule has 0 saturated heterocycles. The molecule has 0 radical (unpaired) electrons. The number of pyridine rings is 2. The number of nitrogen functional groups attached to an aromatic ring is 2. The average Bonchev–Trinajstić information content (AvgIpc) is 2.83. The van der Waals surface area contributed by atoms with E-state index in [2.05, 4.69) is 15.3 Å². The first kappa shape index (κ1) is 23.1. The number of amides is 1. The smallest absolute Gasteiger partial charge is 0.223 e. The van der Waals surface area contributed by atoms with Gasteiger partial charge in [-0.15, -0.1) is 0 Å². The van der Waals surface area contributed by atoms with E-state index in [1.165, 1.54) is 0 Å². The Morgan fingerprint density at radius 1 is 0.735 bits per heavy atom. The standard InChI is InChI=1S/C25H27N5O4/c26-23-7-1-17-15-19(3-5-21(17)29-23)33-11-9-25(31)28-10-12-32-13-14-34-20-4-6-22-18(16-20)2-8-24(27)30-22/h1-8,15-16H,9-14H2,(H2,26,29)(H2,27,30)(H,28,31). The van der Waals surface area contributed by atoms with Crippen molar-refractivity contribution < 1.29 is 19.0 Å². The number of hydrogen-bond acceptors (Lipinski definition) is 8. The van der Waals surface area contributed by atoms with Crippen LogP contribution in [0, 0.1) is 0 Å². The monoisotopic (exact) mass is 461 g/mol. The van der Waals surface area contributed by atoms with Crippen LogP contribution in [-0.2, 0) is 9.53 Å². The molecule has 9 heteroatoms.